The van der Waals surface area contributed by atoms with Crippen LogP contribution in [0.5, 0.6) is 0 Å². The summed E-state index contributed by atoms with van der Waals surface area (Å²) in [6.45, 7) is -0.405. The van der Waals surface area contributed by atoms with Gasteiger partial charge in [0.25, 0.3) is 0 Å². The van der Waals surface area contributed by atoms with Gasteiger partial charge in [-0.25, -0.2) is 15.0 Å². The van der Waals surface area contributed by atoms with E-state index in [1.54, 1.807) is 12.1 Å². The average molecular weight is 404 g/mol. The lowest BCUT2D eigenvalue weighted by atomic mass is 10.1. The molecule has 0 radical (unpaired) electrons. The summed E-state index contributed by atoms with van der Waals surface area (Å²) in [7, 11) is 0. The van der Waals surface area contributed by atoms with Gasteiger partial charge in [0.1, 0.15) is 35.2 Å². The third-order valence-electron chi connectivity index (χ3n) is 4.56. The molecule has 11 heteroatoms. The molecule has 2 aromatic heterocycles. The summed E-state index contributed by atoms with van der Waals surface area (Å²) < 4.78 is 7.08. The van der Waals surface area contributed by atoms with Gasteiger partial charge in [-0.3, -0.25) is 4.57 Å². The predicted octanol–water partition coefficient (Wildman–Crippen LogP) is 0.640. The lowest BCUT2D eigenvalue weighted by Gasteiger charge is -2.16. The molecule has 0 unspecified atom stereocenters. The van der Waals surface area contributed by atoms with Crippen LogP contribution in [0.25, 0.3) is 11.2 Å². The maximum absolute atomic E-state index is 10.6. The molecule has 0 spiro atoms. The lowest BCUT2D eigenvalue weighted by Crippen LogP contribution is -2.33. The van der Waals surface area contributed by atoms with E-state index in [0.29, 0.717) is 27.6 Å². The zero-order chi connectivity index (χ0) is 19.7. The molecule has 28 heavy (non-hydrogen) atoms. The van der Waals surface area contributed by atoms with Crippen LogP contribution < -0.4 is 5.48 Å². The van der Waals surface area contributed by atoms with Crippen LogP contribution in [0, 0.1) is 5.21 Å². The number of hydrogen-bond donors (Lipinski definition) is 4. The summed E-state index contributed by atoms with van der Waals surface area (Å²) in [6.07, 6.45) is -1.33. The number of aromatic nitrogens is 4. The van der Waals surface area contributed by atoms with Crippen molar-refractivity contribution in [2.45, 2.75) is 35.3 Å². The monoisotopic (exact) mass is 404 g/mol. The highest BCUT2D eigenvalue weighted by atomic mass is 32.2. The molecule has 0 saturated carbocycles. The second kappa shape index (κ2) is 7.99. The number of rotatable bonds is 6. The van der Waals surface area contributed by atoms with Crippen molar-refractivity contribution in [2.75, 3.05) is 12.1 Å². The van der Waals surface area contributed by atoms with Gasteiger partial charge >= 0.3 is 0 Å². The minimum atomic E-state index is -1.21. The molecule has 1 fully saturated rings. The maximum Gasteiger partial charge on any atom is 0.166 e. The molecule has 148 valence electrons. The molecule has 1 aliphatic heterocycles. The van der Waals surface area contributed by atoms with Gasteiger partial charge in [0.15, 0.2) is 11.9 Å². The van der Waals surface area contributed by atoms with Gasteiger partial charge in [0, 0.05) is 11.4 Å². The number of aliphatic hydroxyl groups is 3. The highest BCUT2D eigenvalue weighted by Gasteiger charge is 2.44. The van der Waals surface area contributed by atoms with Crippen molar-refractivity contribution in [1.82, 2.24) is 19.5 Å². The van der Waals surface area contributed by atoms with Crippen molar-refractivity contribution < 1.29 is 20.1 Å². The summed E-state index contributed by atoms with van der Waals surface area (Å²) in [5.41, 5.74) is 4.35. The Morgan fingerprint density at radius 1 is 1.14 bits per heavy atom. The fraction of sp³-hybridized carbons (Fsp3) is 0.353. The first-order valence-corrected chi connectivity index (χ1v) is 9.51. The van der Waals surface area contributed by atoms with E-state index in [4.69, 9.17) is 4.74 Å². The number of hydrogen-bond acceptors (Lipinski definition) is 10. The minimum absolute atomic E-state index is 0.405. The number of nitrogens with zero attached hydrogens (tertiary/aromatic N) is 4. The van der Waals surface area contributed by atoms with E-state index in [1.165, 1.54) is 29.0 Å². The van der Waals surface area contributed by atoms with Crippen LogP contribution in [0.1, 0.15) is 11.8 Å². The van der Waals surface area contributed by atoms with Crippen molar-refractivity contribution in [2.24, 2.45) is 0 Å². The Bertz CT molecular complexity index is 953. The molecule has 1 aliphatic rings. The fourth-order valence-corrected chi connectivity index (χ4v) is 3.95. The van der Waals surface area contributed by atoms with E-state index in [0.717, 1.165) is 5.56 Å². The van der Waals surface area contributed by atoms with Crippen LogP contribution in [0.4, 0.5) is 5.69 Å². The Hall–Kier alpha value is -2.28. The number of nitrogens with one attached hydrogen (secondary N) is 1. The average Bonchev–Trinajstić information content (AvgIpc) is 3.28. The molecular formula is C17H18N5O5S-. The van der Waals surface area contributed by atoms with E-state index < -0.39 is 31.1 Å². The van der Waals surface area contributed by atoms with Crippen molar-refractivity contribution in [3.8, 4) is 0 Å². The molecule has 4 N–H and O–H groups in total. The molecule has 4 rings (SSSR count). The molecule has 0 amide bonds. The molecule has 0 aliphatic carbocycles. The summed E-state index contributed by atoms with van der Waals surface area (Å²) in [5, 5.41) is 40.8. The molecule has 0 bridgehead atoms. The van der Waals surface area contributed by atoms with E-state index in [9.17, 15) is 20.5 Å². The second-order valence-electron chi connectivity index (χ2n) is 6.32. The van der Waals surface area contributed by atoms with E-state index in [1.807, 2.05) is 17.6 Å². The van der Waals surface area contributed by atoms with Crippen LogP contribution in [-0.2, 0) is 10.5 Å². The molecule has 1 saturated heterocycles. The van der Waals surface area contributed by atoms with Gasteiger partial charge in [-0.1, -0.05) is 23.9 Å². The lowest BCUT2D eigenvalue weighted by molar-refractivity contribution is -0.0511. The highest BCUT2D eigenvalue weighted by molar-refractivity contribution is 7.98. The Labute approximate surface area is 163 Å². The van der Waals surface area contributed by atoms with Crippen LogP contribution in [0.3, 0.4) is 0 Å². The number of aliphatic hydroxyl groups excluding tert-OH is 3. The second-order valence-corrected chi connectivity index (χ2v) is 7.28. The number of anilines is 1. The van der Waals surface area contributed by atoms with Crippen LogP contribution in [0.15, 0.2) is 41.9 Å². The van der Waals surface area contributed by atoms with Gasteiger partial charge in [-0.15, -0.1) is 0 Å². The SMILES string of the molecule is [O-]Nc1ccc(CSc2ncnc3c2ncn3[C@@H]2O[C@H](CO)[C@@H](O)[C@H]2O)cc1. The Morgan fingerprint density at radius 2 is 1.93 bits per heavy atom. The van der Waals surface area contributed by atoms with E-state index in [2.05, 4.69) is 15.0 Å². The van der Waals surface area contributed by atoms with Crippen molar-refractivity contribution >= 4 is 28.6 Å². The molecular weight excluding hydrogens is 386 g/mol. The smallest absolute Gasteiger partial charge is 0.166 e. The molecule has 1 aromatic carbocycles. The molecule has 10 nitrogen and oxygen atoms in total. The first kappa shape index (κ1) is 19.1. The summed E-state index contributed by atoms with van der Waals surface area (Å²) in [4.78, 5) is 12.9. The first-order chi connectivity index (χ1) is 13.6. The van der Waals surface area contributed by atoms with Crippen molar-refractivity contribution in [1.29, 1.82) is 0 Å². The normalized spacial score (nSPS) is 24.7. The highest BCUT2D eigenvalue weighted by Crippen LogP contribution is 2.33. The fourth-order valence-electron chi connectivity index (χ4n) is 3.05. The van der Waals surface area contributed by atoms with E-state index >= 15 is 0 Å². The molecule has 3 heterocycles. The number of benzene rings is 1. The van der Waals surface area contributed by atoms with E-state index in [-0.39, 0.29) is 0 Å². The molecule has 4 atom stereocenters. The third-order valence-corrected chi connectivity index (χ3v) is 5.61. The number of imidazole rings is 1. The summed E-state index contributed by atoms with van der Waals surface area (Å²) >= 11 is 1.46. The van der Waals surface area contributed by atoms with Gasteiger partial charge in [0.2, 0.25) is 0 Å². The largest absolute Gasteiger partial charge is 0.761 e. The van der Waals surface area contributed by atoms with Gasteiger partial charge < -0.3 is 30.7 Å². The first-order valence-electron chi connectivity index (χ1n) is 8.52. The van der Waals surface area contributed by atoms with Crippen LogP contribution in [0.2, 0.25) is 0 Å². The standard InChI is InChI=1S/C17H18N5O5S/c23-5-11-13(24)14(25)17(27-11)22-8-20-12-15(22)18-7-19-16(12)28-6-9-1-3-10(21-26)4-2-9/h1-4,7-8,11,13-14,17,21,23-25H,5-6H2/q-1/t11-,13-,14-,17-/m1/s1. The van der Waals surface area contributed by atoms with Crippen molar-refractivity contribution in [3.63, 3.8) is 0 Å². The number of fused-ring (bicyclic) bond motifs is 1. The maximum atomic E-state index is 10.6. The Balaban J connectivity index is 1.56. The zero-order valence-electron chi connectivity index (χ0n) is 14.5. The van der Waals surface area contributed by atoms with Crippen molar-refractivity contribution in [3.05, 3.63) is 47.7 Å². The van der Waals surface area contributed by atoms with Crippen LogP contribution in [-0.4, -0.2) is 59.8 Å². The topological polar surface area (TPSA) is 149 Å². The quantitative estimate of drug-likeness (QED) is 0.262. The molecule has 3 aromatic rings. The van der Waals surface area contributed by atoms with Gasteiger partial charge in [-0.2, -0.15) is 0 Å². The van der Waals surface area contributed by atoms with Gasteiger partial charge in [0.05, 0.1) is 12.9 Å². The van der Waals surface area contributed by atoms with Crippen LogP contribution >= 0.6 is 11.8 Å². The third kappa shape index (κ3) is 3.43. The predicted molar refractivity (Wildman–Crippen MR) is 101 cm³/mol. The summed E-state index contributed by atoms with van der Waals surface area (Å²) in [6, 6.07) is 7.11. The number of thioether (sulfide) groups is 1. The Kier molecular flexibility index (Phi) is 5.44. The summed E-state index contributed by atoms with van der Waals surface area (Å²) in [5.74, 6) is 0.617. The minimum Gasteiger partial charge on any atom is -0.761 e. The Morgan fingerprint density at radius 3 is 2.61 bits per heavy atom. The zero-order valence-corrected chi connectivity index (χ0v) is 15.4. The number of ether oxygens (including phenoxy) is 1. The van der Waals surface area contributed by atoms with Gasteiger partial charge in [-0.05, 0) is 17.7 Å².